The third-order valence-corrected chi connectivity index (χ3v) is 5.33. The summed E-state index contributed by atoms with van der Waals surface area (Å²) in [5.74, 6) is 0.0806. The zero-order valence-electron chi connectivity index (χ0n) is 16.8. The Balaban J connectivity index is 1.67. The third kappa shape index (κ3) is 3.89. The van der Waals surface area contributed by atoms with Crippen molar-refractivity contribution >= 4 is 11.6 Å². The molecular formula is C21H20F2N6O2. The van der Waals surface area contributed by atoms with Gasteiger partial charge in [-0.15, -0.1) is 0 Å². The highest BCUT2D eigenvalue weighted by Gasteiger charge is 2.21. The third-order valence-electron chi connectivity index (χ3n) is 5.33. The van der Waals surface area contributed by atoms with Gasteiger partial charge in [-0.05, 0) is 36.2 Å². The van der Waals surface area contributed by atoms with Crippen molar-refractivity contribution in [2.24, 2.45) is 5.73 Å². The minimum absolute atomic E-state index is 0.0806. The number of carbonyl (C=O) groups is 1. The molecule has 2 N–H and O–H groups in total. The lowest BCUT2D eigenvalue weighted by molar-refractivity contribution is -0.118. The summed E-state index contributed by atoms with van der Waals surface area (Å²) in [6.45, 7) is -0.736. The first-order chi connectivity index (χ1) is 14.9. The van der Waals surface area contributed by atoms with Gasteiger partial charge in [0.1, 0.15) is 6.33 Å². The highest BCUT2D eigenvalue weighted by atomic mass is 19.3. The summed E-state index contributed by atoms with van der Waals surface area (Å²) in [4.78, 5) is 30.6. The van der Waals surface area contributed by atoms with Crippen molar-refractivity contribution in [3.63, 3.8) is 0 Å². The Kier molecular flexibility index (Phi) is 5.47. The van der Waals surface area contributed by atoms with Gasteiger partial charge in [0.25, 0.3) is 6.08 Å². The van der Waals surface area contributed by atoms with Gasteiger partial charge in [0.2, 0.25) is 5.91 Å². The lowest BCUT2D eigenvalue weighted by atomic mass is 9.98. The van der Waals surface area contributed by atoms with E-state index in [0.29, 0.717) is 24.2 Å². The fourth-order valence-corrected chi connectivity index (χ4v) is 3.55. The van der Waals surface area contributed by atoms with Crippen LogP contribution in [0, 0.1) is 0 Å². The van der Waals surface area contributed by atoms with Gasteiger partial charge in [-0.3, -0.25) is 9.78 Å². The molecule has 10 heteroatoms. The molecule has 8 nitrogen and oxygen atoms in total. The van der Waals surface area contributed by atoms with E-state index in [9.17, 15) is 18.4 Å². The molecule has 2 aromatic heterocycles. The number of aromatic nitrogens is 4. The molecule has 4 rings (SSSR count). The summed E-state index contributed by atoms with van der Waals surface area (Å²) in [6, 6.07) is 9.10. The number of aryl methyl sites for hydroxylation is 1. The van der Waals surface area contributed by atoms with Crippen LogP contribution in [0.5, 0.6) is 0 Å². The Hall–Kier alpha value is -3.66. The Morgan fingerprint density at radius 2 is 1.97 bits per heavy atom. The summed E-state index contributed by atoms with van der Waals surface area (Å²) in [6.07, 6.45) is 2.04. The van der Waals surface area contributed by atoms with E-state index in [1.54, 1.807) is 30.3 Å². The van der Waals surface area contributed by atoms with Crippen molar-refractivity contribution in [3.05, 3.63) is 70.6 Å². The molecule has 1 amide bonds. The largest absolute Gasteiger partial charge is 0.350 e. The molecule has 31 heavy (non-hydrogen) atoms. The Morgan fingerprint density at radius 3 is 2.71 bits per heavy atom. The number of benzene rings is 1. The van der Waals surface area contributed by atoms with Gasteiger partial charge in [0.05, 0.1) is 17.9 Å². The van der Waals surface area contributed by atoms with Gasteiger partial charge in [-0.25, -0.2) is 14.0 Å². The highest BCUT2D eigenvalue weighted by Crippen LogP contribution is 2.31. The number of nitrogens with two attached hydrogens (primary N) is 1. The van der Waals surface area contributed by atoms with E-state index >= 15 is 0 Å². The van der Waals surface area contributed by atoms with Crippen molar-refractivity contribution in [1.29, 1.82) is 0 Å². The Morgan fingerprint density at radius 1 is 1.16 bits per heavy atom. The van der Waals surface area contributed by atoms with E-state index in [1.807, 2.05) is 18.2 Å². The first kappa shape index (κ1) is 20.6. The van der Waals surface area contributed by atoms with Crippen molar-refractivity contribution in [3.8, 4) is 16.9 Å². The minimum Gasteiger partial charge on any atom is -0.327 e. The van der Waals surface area contributed by atoms with Crippen molar-refractivity contribution < 1.29 is 13.6 Å². The second-order valence-electron chi connectivity index (χ2n) is 7.20. The topological polar surface area (TPSA) is 99.0 Å². The average Bonchev–Trinajstić information content (AvgIpc) is 3.14. The van der Waals surface area contributed by atoms with E-state index in [2.05, 4.69) is 10.1 Å². The Bertz CT molecular complexity index is 1240. The van der Waals surface area contributed by atoms with Gasteiger partial charge in [-0.1, -0.05) is 6.07 Å². The van der Waals surface area contributed by atoms with Crippen LogP contribution in [0.15, 0.2) is 59.3 Å². The molecule has 1 aliphatic rings. The van der Waals surface area contributed by atoms with E-state index in [0.717, 1.165) is 21.5 Å². The lowest BCUT2D eigenvalue weighted by Crippen LogP contribution is -2.30. The fraction of sp³-hybridized carbons (Fsp3) is 0.238. The summed E-state index contributed by atoms with van der Waals surface area (Å²) in [5.41, 5.74) is 8.32. The molecule has 0 saturated heterocycles. The summed E-state index contributed by atoms with van der Waals surface area (Å²) in [5, 5.41) is 3.92. The molecule has 0 radical (unpaired) electrons. The van der Waals surface area contributed by atoms with E-state index in [-0.39, 0.29) is 24.6 Å². The molecule has 0 unspecified atom stereocenters. The van der Waals surface area contributed by atoms with Crippen LogP contribution in [0.1, 0.15) is 12.0 Å². The zero-order chi connectivity index (χ0) is 22.1. The number of anilines is 1. The molecule has 3 heterocycles. The number of hydrogen-bond donors (Lipinski definition) is 1. The van der Waals surface area contributed by atoms with Crippen LogP contribution in [0.4, 0.5) is 14.5 Å². The van der Waals surface area contributed by atoms with Crippen molar-refractivity contribution in [1.82, 2.24) is 19.3 Å². The number of amides is 1. The molecule has 0 saturated carbocycles. The van der Waals surface area contributed by atoms with E-state index < -0.39 is 11.8 Å². The van der Waals surface area contributed by atoms with Gasteiger partial charge < -0.3 is 10.6 Å². The smallest absolute Gasteiger partial charge is 0.327 e. The summed E-state index contributed by atoms with van der Waals surface area (Å²) >= 11 is 0. The molecule has 0 aliphatic carbocycles. The predicted octanol–water partition coefficient (Wildman–Crippen LogP) is 2.11. The number of pyridine rings is 1. The van der Waals surface area contributed by atoms with E-state index in [4.69, 9.17) is 5.73 Å². The maximum Gasteiger partial charge on any atom is 0.350 e. The van der Waals surface area contributed by atoms with Crippen LogP contribution < -0.4 is 16.3 Å². The number of nitrogens with zero attached hydrogens (tertiary/aromatic N) is 5. The number of hydrogen-bond acceptors (Lipinski definition) is 5. The van der Waals surface area contributed by atoms with Gasteiger partial charge >= 0.3 is 5.69 Å². The van der Waals surface area contributed by atoms with Crippen molar-refractivity contribution in [2.75, 3.05) is 18.5 Å². The number of carbonyl (C=O) groups excluding carboxylic acids is 1. The molecule has 160 valence electrons. The van der Waals surface area contributed by atoms with Crippen LogP contribution in [-0.2, 0) is 17.8 Å². The number of fused-ring (bicyclic) bond motifs is 1. The fourth-order valence-electron chi connectivity index (χ4n) is 3.55. The second-order valence-corrected chi connectivity index (χ2v) is 7.20. The summed E-state index contributed by atoms with van der Waals surface area (Å²) in [7, 11) is 1.75. The predicted molar refractivity (Wildman–Crippen MR) is 111 cm³/mol. The lowest BCUT2D eigenvalue weighted by Gasteiger charge is -2.26. The van der Waals surface area contributed by atoms with Crippen LogP contribution >= 0.6 is 0 Å². The van der Waals surface area contributed by atoms with Gasteiger partial charge in [-0.2, -0.15) is 13.9 Å². The highest BCUT2D eigenvalue weighted by molar-refractivity contribution is 5.96. The second kappa shape index (κ2) is 8.23. The molecule has 0 atom stereocenters. The molecular weight excluding hydrogens is 406 g/mol. The maximum atomic E-state index is 12.9. The van der Waals surface area contributed by atoms with Crippen molar-refractivity contribution in [2.45, 2.75) is 19.4 Å². The minimum atomic E-state index is -1.91. The van der Waals surface area contributed by atoms with Gasteiger partial charge in [0.15, 0.2) is 0 Å². The molecule has 1 aliphatic heterocycles. The Labute approximate surface area is 176 Å². The number of halogens is 2. The van der Waals surface area contributed by atoms with Crippen LogP contribution in [-0.4, -0.2) is 38.8 Å². The standard InChI is InChI=1S/C21H20F2N6O2/c1-27-18-4-2-13(8-14(18)3-5-19(27)30)17-9-16(6-7-25-17)28-12-26-29(21(28)31)11-15(10-24)20(22)23/h2,4,6-9,12H,3,5,10-11,24H2,1H3. The van der Waals surface area contributed by atoms with Crippen LogP contribution in [0.3, 0.4) is 0 Å². The van der Waals surface area contributed by atoms with Gasteiger partial charge in [0, 0.05) is 43.0 Å². The quantitative estimate of drug-likeness (QED) is 0.674. The van der Waals surface area contributed by atoms with E-state index in [1.165, 1.54) is 10.9 Å². The SMILES string of the molecule is CN1C(=O)CCc2cc(-c3cc(-n4cnn(CC(CN)=C(F)F)c4=O)ccn3)ccc21. The molecule has 3 aromatic rings. The first-order valence-electron chi connectivity index (χ1n) is 9.63. The van der Waals surface area contributed by atoms with Crippen LogP contribution in [0.2, 0.25) is 0 Å². The molecule has 1 aromatic carbocycles. The van der Waals surface area contributed by atoms with Crippen LogP contribution in [0.25, 0.3) is 16.9 Å². The first-order valence-corrected chi connectivity index (χ1v) is 9.63. The monoisotopic (exact) mass is 426 g/mol. The molecule has 0 fully saturated rings. The zero-order valence-corrected chi connectivity index (χ0v) is 16.8. The molecule has 0 bridgehead atoms. The normalized spacial score (nSPS) is 13.3. The maximum absolute atomic E-state index is 12.9. The molecule has 0 spiro atoms. The summed E-state index contributed by atoms with van der Waals surface area (Å²) < 4.78 is 27.9. The number of rotatable bonds is 5. The average molecular weight is 426 g/mol.